The van der Waals surface area contributed by atoms with Crippen molar-refractivity contribution in [2.75, 3.05) is 13.2 Å². The maximum Gasteiger partial charge on any atom is 0.469 e. The van der Waals surface area contributed by atoms with E-state index in [1.807, 2.05) is 0 Å². The summed E-state index contributed by atoms with van der Waals surface area (Å²) >= 11 is 0. The predicted molar refractivity (Wildman–Crippen MR) is 68.5 cm³/mol. The van der Waals surface area contributed by atoms with Gasteiger partial charge in [-0.3, -0.25) is 14.1 Å². The highest BCUT2D eigenvalue weighted by Gasteiger charge is 2.24. The van der Waals surface area contributed by atoms with Crippen LogP contribution in [-0.2, 0) is 28.2 Å². The Morgan fingerprint density at radius 1 is 1.00 bits per heavy atom. The van der Waals surface area contributed by atoms with Gasteiger partial charge < -0.3 is 19.3 Å². The quantitative estimate of drug-likeness (QED) is 0.500. The molecule has 0 unspecified atom stereocenters. The van der Waals surface area contributed by atoms with E-state index in [1.165, 1.54) is 0 Å². The summed E-state index contributed by atoms with van der Waals surface area (Å²) in [6.07, 6.45) is -1.07. The summed E-state index contributed by atoms with van der Waals surface area (Å²) < 4.78 is 24.7. The van der Waals surface area contributed by atoms with Crippen LogP contribution in [0.2, 0.25) is 0 Å². The van der Waals surface area contributed by atoms with Crippen LogP contribution in [-0.4, -0.2) is 41.0 Å². The molecule has 0 aromatic rings. The van der Waals surface area contributed by atoms with Gasteiger partial charge in [-0.1, -0.05) is 27.7 Å². The highest BCUT2D eigenvalue weighted by atomic mass is 31.2. The Labute approximate surface area is 117 Å². The number of carbonyl (C=O) groups excluding carboxylic acids is 2. The molecule has 0 aliphatic carbocycles. The fraction of sp³-hybridized carbons (Fsp3) is 0.818. The minimum absolute atomic E-state index is 0.324. The van der Waals surface area contributed by atoms with Crippen LogP contribution in [0.4, 0.5) is 0 Å². The van der Waals surface area contributed by atoms with Gasteiger partial charge in [0.2, 0.25) is 0 Å². The van der Waals surface area contributed by atoms with E-state index in [-0.39, 0.29) is 12.5 Å². The SMILES string of the molecule is CC(C)C(=O)OC[C@@H](COP(=O)(O)O)OC(=O)C(C)C. The Morgan fingerprint density at radius 2 is 1.50 bits per heavy atom. The van der Waals surface area contributed by atoms with Gasteiger partial charge in [-0.25, -0.2) is 4.57 Å². The molecule has 0 aliphatic rings. The third-order valence-corrected chi connectivity index (χ3v) is 2.55. The minimum Gasteiger partial charge on any atom is -0.461 e. The van der Waals surface area contributed by atoms with Crippen LogP contribution in [0.15, 0.2) is 0 Å². The number of hydrogen-bond donors (Lipinski definition) is 2. The van der Waals surface area contributed by atoms with Crippen molar-refractivity contribution in [3.8, 4) is 0 Å². The molecule has 0 radical (unpaired) electrons. The Morgan fingerprint density at radius 3 is 1.90 bits per heavy atom. The van der Waals surface area contributed by atoms with Crippen LogP contribution < -0.4 is 0 Å². The van der Waals surface area contributed by atoms with Gasteiger partial charge in [0, 0.05) is 0 Å². The van der Waals surface area contributed by atoms with Crippen molar-refractivity contribution in [1.82, 2.24) is 0 Å². The van der Waals surface area contributed by atoms with Crippen molar-refractivity contribution < 1.29 is 37.9 Å². The topological polar surface area (TPSA) is 119 Å². The third-order valence-electron chi connectivity index (χ3n) is 2.07. The molecule has 0 bridgehead atoms. The summed E-state index contributed by atoms with van der Waals surface area (Å²) in [4.78, 5) is 40.0. The van der Waals surface area contributed by atoms with Crippen LogP contribution in [0.1, 0.15) is 27.7 Å². The molecular formula is C11H21O8P. The zero-order valence-corrected chi connectivity index (χ0v) is 12.8. The molecule has 2 N–H and O–H groups in total. The van der Waals surface area contributed by atoms with Gasteiger partial charge in [0.1, 0.15) is 6.61 Å². The van der Waals surface area contributed by atoms with E-state index in [9.17, 15) is 14.2 Å². The van der Waals surface area contributed by atoms with Crippen molar-refractivity contribution >= 4 is 19.8 Å². The maximum absolute atomic E-state index is 11.4. The molecule has 0 saturated carbocycles. The van der Waals surface area contributed by atoms with Gasteiger partial charge in [-0.2, -0.15) is 0 Å². The van der Waals surface area contributed by atoms with Gasteiger partial charge in [0.05, 0.1) is 18.4 Å². The van der Waals surface area contributed by atoms with Gasteiger partial charge in [-0.15, -0.1) is 0 Å². The molecule has 0 aromatic heterocycles. The lowest BCUT2D eigenvalue weighted by atomic mass is 10.2. The number of ether oxygens (including phenoxy) is 2. The monoisotopic (exact) mass is 312 g/mol. The first-order valence-electron chi connectivity index (χ1n) is 6.10. The Bertz CT molecular complexity index is 373. The van der Waals surface area contributed by atoms with Crippen LogP contribution in [0.3, 0.4) is 0 Å². The van der Waals surface area contributed by atoms with Crippen LogP contribution in [0.25, 0.3) is 0 Å². The lowest BCUT2D eigenvalue weighted by Crippen LogP contribution is -2.31. The minimum atomic E-state index is -4.68. The second kappa shape index (κ2) is 8.36. The molecule has 0 fully saturated rings. The molecule has 0 spiro atoms. The average molecular weight is 312 g/mol. The van der Waals surface area contributed by atoms with Crippen LogP contribution in [0.5, 0.6) is 0 Å². The van der Waals surface area contributed by atoms with Crippen molar-refractivity contribution in [2.24, 2.45) is 11.8 Å². The summed E-state index contributed by atoms with van der Waals surface area (Å²) in [6.45, 7) is 5.57. The van der Waals surface area contributed by atoms with Gasteiger partial charge >= 0.3 is 19.8 Å². The van der Waals surface area contributed by atoms with E-state index in [2.05, 4.69) is 4.52 Å². The largest absolute Gasteiger partial charge is 0.469 e. The Balaban J connectivity index is 4.50. The Hall–Kier alpha value is -0.950. The zero-order chi connectivity index (χ0) is 15.9. The number of phosphoric ester groups is 1. The van der Waals surface area contributed by atoms with E-state index in [1.54, 1.807) is 27.7 Å². The summed E-state index contributed by atoms with van der Waals surface area (Å²) in [7, 11) is -4.68. The number of rotatable bonds is 8. The summed E-state index contributed by atoms with van der Waals surface area (Å²) in [5, 5.41) is 0. The number of esters is 2. The average Bonchev–Trinajstić information content (AvgIpc) is 2.30. The van der Waals surface area contributed by atoms with E-state index < -0.39 is 38.4 Å². The number of carbonyl (C=O) groups is 2. The summed E-state index contributed by atoms with van der Waals surface area (Å²) in [6, 6.07) is 0. The molecule has 9 heteroatoms. The standard InChI is InChI=1S/C11H21O8P/c1-7(2)10(12)17-5-9(6-18-20(14,15)16)19-11(13)8(3)4/h7-9H,5-6H2,1-4H3,(H2,14,15,16)/t9-/m0/s1. The second-order valence-electron chi connectivity index (χ2n) is 4.78. The van der Waals surface area contributed by atoms with Gasteiger partial charge in [0.15, 0.2) is 6.10 Å². The molecule has 8 nitrogen and oxygen atoms in total. The van der Waals surface area contributed by atoms with Crippen LogP contribution >= 0.6 is 7.82 Å². The fourth-order valence-corrected chi connectivity index (χ4v) is 1.30. The van der Waals surface area contributed by atoms with E-state index in [4.69, 9.17) is 19.3 Å². The lowest BCUT2D eigenvalue weighted by molar-refractivity contribution is -0.165. The van der Waals surface area contributed by atoms with Crippen molar-refractivity contribution in [2.45, 2.75) is 33.8 Å². The van der Waals surface area contributed by atoms with E-state index in [0.29, 0.717) is 0 Å². The van der Waals surface area contributed by atoms with Crippen molar-refractivity contribution in [1.29, 1.82) is 0 Å². The Kier molecular flexibility index (Phi) is 7.96. The third kappa shape index (κ3) is 9.03. The van der Waals surface area contributed by atoms with Gasteiger partial charge in [0.25, 0.3) is 0 Å². The molecule has 118 valence electrons. The normalized spacial score (nSPS) is 13.4. The molecule has 0 heterocycles. The summed E-state index contributed by atoms with van der Waals surface area (Å²) in [5.74, 6) is -1.87. The smallest absolute Gasteiger partial charge is 0.461 e. The highest BCUT2D eigenvalue weighted by Crippen LogP contribution is 2.35. The number of hydrogen-bond acceptors (Lipinski definition) is 6. The summed E-state index contributed by atoms with van der Waals surface area (Å²) in [5.41, 5.74) is 0. The maximum atomic E-state index is 11.4. The lowest BCUT2D eigenvalue weighted by Gasteiger charge is -2.19. The first kappa shape index (κ1) is 19.1. The molecule has 0 amide bonds. The van der Waals surface area contributed by atoms with Crippen molar-refractivity contribution in [3.63, 3.8) is 0 Å². The molecule has 1 atom stereocenters. The number of phosphoric acid groups is 1. The molecule has 0 saturated heterocycles. The molecule has 0 rings (SSSR count). The van der Waals surface area contributed by atoms with Crippen molar-refractivity contribution in [3.05, 3.63) is 0 Å². The molecule has 0 aromatic carbocycles. The first-order chi connectivity index (χ1) is 9.03. The predicted octanol–water partition coefficient (Wildman–Crippen LogP) is 0.863. The first-order valence-corrected chi connectivity index (χ1v) is 7.63. The molecule has 20 heavy (non-hydrogen) atoms. The van der Waals surface area contributed by atoms with E-state index in [0.717, 1.165) is 0 Å². The zero-order valence-electron chi connectivity index (χ0n) is 11.9. The fourth-order valence-electron chi connectivity index (χ4n) is 0.938. The van der Waals surface area contributed by atoms with Crippen LogP contribution in [0, 0.1) is 11.8 Å². The van der Waals surface area contributed by atoms with Gasteiger partial charge in [-0.05, 0) is 0 Å². The molecule has 0 aliphatic heterocycles. The van der Waals surface area contributed by atoms with E-state index >= 15 is 0 Å². The second-order valence-corrected chi connectivity index (χ2v) is 6.02. The molecular weight excluding hydrogens is 291 g/mol. The highest BCUT2D eigenvalue weighted by molar-refractivity contribution is 7.46.